The Bertz CT molecular complexity index is 675. The van der Waals surface area contributed by atoms with Crippen LogP contribution in [0.5, 0.6) is 0 Å². The first-order valence-electron chi connectivity index (χ1n) is 7.08. The number of benzene rings is 1. The van der Waals surface area contributed by atoms with E-state index in [2.05, 4.69) is 5.32 Å². The topological polar surface area (TPSA) is 75.7 Å². The van der Waals surface area contributed by atoms with E-state index in [1.807, 2.05) is 0 Å². The van der Waals surface area contributed by atoms with Crippen molar-refractivity contribution in [1.82, 2.24) is 5.32 Å². The first-order valence-corrected chi connectivity index (χ1v) is 9.69. The highest BCUT2D eigenvalue weighted by molar-refractivity contribution is 7.92. The molecule has 1 aliphatic rings. The van der Waals surface area contributed by atoms with Gasteiger partial charge in [0.1, 0.15) is 6.54 Å². The van der Waals surface area contributed by atoms with Gasteiger partial charge in [0, 0.05) is 18.2 Å². The van der Waals surface area contributed by atoms with Crippen LogP contribution in [0.4, 0.5) is 5.69 Å². The highest BCUT2D eigenvalue weighted by atomic mass is 35.5. The van der Waals surface area contributed by atoms with Crippen molar-refractivity contribution in [1.29, 1.82) is 0 Å². The first-order chi connectivity index (χ1) is 10.8. The fourth-order valence-corrected chi connectivity index (χ4v) is 3.57. The van der Waals surface area contributed by atoms with Crippen molar-refractivity contribution in [3.63, 3.8) is 0 Å². The quantitative estimate of drug-likeness (QED) is 0.819. The maximum absolute atomic E-state index is 12.1. The number of carbonyl (C=O) groups excluding carboxylic acids is 1. The lowest BCUT2D eigenvalue weighted by atomic mass is 10.2. The van der Waals surface area contributed by atoms with Crippen molar-refractivity contribution in [2.75, 3.05) is 30.3 Å². The highest BCUT2D eigenvalue weighted by Crippen LogP contribution is 2.30. The average molecular weight is 381 g/mol. The molecule has 1 atom stereocenters. The predicted octanol–water partition coefficient (Wildman–Crippen LogP) is 2.05. The summed E-state index contributed by atoms with van der Waals surface area (Å²) in [7, 11) is -3.69. The fourth-order valence-electron chi connectivity index (χ4n) is 2.28. The molecule has 1 fully saturated rings. The third-order valence-electron chi connectivity index (χ3n) is 3.42. The maximum atomic E-state index is 12.1. The van der Waals surface area contributed by atoms with E-state index in [-0.39, 0.29) is 23.4 Å². The highest BCUT2D eigenvalue weighted by Gasteiger charge is 2.24. The van der Waals surface area contributed by atoms with Crippen LogP contribution in [0.2, 0.25) is 10.0 Å². The SMILES string of the molecule is CS(=O)(=O)N(CC(=O)NC[C@@H]1CCCO1)c1cc(Cl)ccc1Cl. The monoisotopic (exact) mass is 380 g/mol. The number of amides is 1. The first kappa shape index (κ1) is 18.3. The van der Waals surface area contributed by atoms with Crippen LogP contribution in [-0.2, 0) is 19.6 Å². The Kier molecular flexibility index (Phi) is 6.13. The Morgan fingerprint density at radius 3 is 2.78 bits per heavy atom. The molecule has 23 heavy (non-hydrogen) atoms. The van der Waals surface area contributed by atoms with Crippen molar-refractivity contribution in [3.05, 3.63) is 28.2 Å². The van der Waals surface area contributed by atoms with E-state index in [0.717, 1.165) is 23.4 Å². The lowest BCUT2D eigenvalue weighted by molar-refractivity contribution is -0.120. The molecule has 1 aromatic carbocycles. The van der Waals surface area contributed by atoms with Crippen molar-refractivity contribution in [2.24, 2.45) is 0 Å². The molecule has 0 aromatic heterocycles. The van der Waals surface area contributed by atoms with Gasteiger partial charge in [-0.15, -0.1) is 0 Å². The van der Waals surface area contributed by atoms with Crippen molar-refractivity contribution < 1.29 is 17.9 Å². The van der Waals surface area contributed by atoms with Crippen molar-refractivity contribution in [2.45, 2.75) is 18.9 Å². The number of anilines is 1. The number of hydrogen-bond acceptors (Lipinski definition) is 4. The molecular formula is C14H18Cl2N2O4S. The molecule has 1 N–H and O–H groups in total. The van der Waals surface area contributed by atoms with Crippen LogP contribution in [0.15, 0.2) is 18.2 Å². The number of sulfonamides is 1. The molecule has 9 heteroatoms. The Hall–Kier alpha value is -1.02. The molecule has 0 unspecified atom stereocenters. The molecule has 0 radical (unpaired) electrons. The Morgan fingerprint density at radius 2 is 2.17 bits per heavy atom. The smallest absolute Gasteiger partial charge is 0.240 e. The molecule has 1 saturated heterocycles. The summed E-state index contributed by atoms with van der Waals surface area (Å²) >= 11 is 11.9. The molecule has 2 rings (SSSR count). The predicted molar refractivity (Wildman–Crippen MR) is 90.6 cm³/mol. The summed E-state index contributed by atoms with van der Waals surface area (Å²) in [5.74, 6) is -0.429. The molecular weight excluding hydrogens is 363 g/mol. The number of rotatable bonds is 6. The summed E-state index contributed by atoms with van der Waals surface area (Å²) in [5, 5.41) is 3.22. The lowest BCUT2D eigenvalue weighted by Crippen LogP contribution is -2.42. The molecule has 1 aromatic rings. The van der Waals surface area contributed by atoms with Gasteiger partial charge in [0.25, 0.3) is 0 Å². The average Bonchev–Trinajstić information content (AvgIpc) is 2.97. The minimum absolute atomic E-state index is 0.0135. The summed E-state index contributed by atoms with van der Waals surface area (Å²) in [6.07, 6.45) is 2.85. The van der Waals surface area contributed by atoms with Gasteiger partial charge in [0.15, 0.2) is 0 Å². The van der Waals surface area contributed by atoms with Crippen LogP contribution in [0, 0.1) is 0 Å². The van der Waals surface area contributed by atoms with Crippen LogP contribution in [-0.4, -0.2) is 46.4 Å². The van der Waals surface area contributed by atoms with Gasteiger partial charge in [-0.05, 0) is 31.0 Å². The number of ether oxygens (including phenoxy) is 1. The van der Waals surface area contributed by atoms with Crippen molar-refractivity contribution >= 4 is 44.8 Å². The van der Waals surface area contributed by atoms with Crippen LogP contribution in [0.3, 0.4) is 0 Å². The second kappa shape index (κ2) is 7.70. The Morgan fingerprint density at radius 1 is 1.43 bits per heavy atom. The van der Waals surface area contributed by atoms with Gasteiger partial charge >= 0.3 is 0 Å². The van der Waals surface area contributed by atoms with Crippen LogP contribution in [0.1, 0.15) is 12.8 Å². The summed E-state index contributed by atoms with van der Waals surface area (Å²) in [6, 6.07) is 4.45. The Balaban J connectivity index is 2.10. The van der Waals surface area contributed by atoms with E-state index in [1.54, 1.807) is 6.07 Å². The van der Waals surface area contributed by atoms with Gasteiger partial charge in [-0.1, -0.05) is 23.2 Å². The molecule has 1 heterocycles. The molecule has 0 spiro atoms. The largest absolute Gasteiger partial charge is 0.376 e. The van der Waals surface area contributed by atoms with E-state index in [0.29, 0.717) is 18.2 Å². The van der Waals surface area contributed by atoms with Gasteiger partial charge in [-0.25, -0.2) is 8.42 Å². The number of carbonyl (C=O) groups is 1. The molecule has 1 amide bonds. The van der Waals surface area contributed by atoms with Crippen LogP contribution < -0.4 is 9.62 Å². The number of halogens is 2. The second-order valence-electron chi connectivity index (χ2n) is 5.30. The number of nitrogens with one attached hydrogen (secondary N) is 1. The van der Waals surface area contributed by atoms with E-state index >= 15 is 0 Å². The third kappa shape index (κ3) is 5.24. The van der Waals surface area contributed by atoms with Gasteiger partial charge in [-0.3, -0.25) is 9.10 Å². The van der Waals surface area contributed by atoms with Crippen LogP contribution in [0.25, 0.3) is 0 Å². The maximum Gasteiger partial charge on any atom is 0.240 e. The fraction of sp³-hybridized carbons (Fsp3) is 0.500. The number of nitrogens with zero attached hydrogens (tertiary/aromatic N) is 1. The summed E-state index contributed by atoms with van der Waals surface area (Å²) < 4.78 is 30.4. The third-order valence-corrected chi connectivity index (χ3v) is 5.10. The molecule has 6 nitrogen and oxygen atoms in total. The molecule has 0 saturated carbocycles. The second-order valence-corrected chi connectivity index (χ2v) is 8.05. The van der Waals surface area contributed by atoms with Gasteiger partial charge in [0.05, 0.1) is 23.1 Å². The zero-order valence-electron chi connectivity index (χ0n) is 12.6. The van der Waals surface area contributed by atoms with E-state index in [1.165, 1.54) is 12.1 Å². The van der Waals surface area contributed by atoms with Gasteiger partial charge in [0.2, 0.25) is 15.9 Å². The molecule has 128 valence electrons. The minimum atomic E-state index is -3.69. The summed E-state index contributed by atoms with van der Waals surface area (Å²) in [4.78, 5) is 12.1. The number of hydrogen-bond donors (Lipinski definition) is 1. The summed E-state index contributed by atoms with van der Waals surface area (Å²) in [6.45, 7) is 0.680. The molecule has 1 aliphatic heterocycles. The van der Waals surface area contributed by atoms with E-state index < -0.39 is 15.9 Å². The van der Waals surface area contributed by atoms with E-state index in [4.69, 9.17) is 27.9 Å². The van der Waals surface area contributed by atoms with Crippen molar-refractivity contribution in [3.8, 4) is 0 Å². The molecule has 0 bridgehead atoms. The van der Waals surface area contributed by atoms with Gasteiger partial charge in [-0.2, -0.15) is 0 Å². The zero-order valence-corrected chi connectivity index (χ0v) is 14.9. The lowest BCUT2D eigenvalue weighted by Gasteiger charge is -2.23. The Labute approximate surface area is 145 Å². The summed E-state index contributed by atoms with van der Waals surface area (Å²) in [5.41, 5.74) is 0.175. The minimum Gasteiger partial charge on any atom is -0.376 e. The zero-order chi connectivity index (χ0) is 17.0. The van der Waals surface area contributed by atoms with Crippen LogP contribution >= 0.6 is 23.2 Å². The standard InChI is InChI=1S/C14H18Cl2N2O4S/c1-23(20,21)18(13-7-10(15)4-5-12(13)16)9-14(19)17-8-11-3-2-6-22-11/h4-5,7,11H,2-3,6,8-9H2,1H3,(H,17,19)/t11-/m0/s1. The van der Waals surface area contributed by atoms with E-state index in [9.17, 15) is 13.2 Å². The normalized spacial score (nSPS) is 18.0. The molecule has 0 aliphatic carbocycles. The van der Waals surface area contributed by atoms with Gasteiger partial charge < -0.3 is 10.1 Å².